The number of alkyl halides is 4. The van der Waals surface area contributed by atoms with E-state index in [9.17, 15) is 17.6 Å². The molecule has 0 amide bonds. The number of halogens is 4. The van der Waals surface area contributed by atoms with Gasteiger partial charge in [-0.25, -0.2) is 0 Å². The zero-order chi connectivity index (χ0) is 9.99. The van der Waals surface area contributed by atoms with Crippen LogP contribution in [0.25, 0.3) is 0 Å². The van der Waals surface area contributed by atoms with Crippen LogP contribution in [0, 0.1) is 0 Å². The number of hydrogen-bond donors (Lipinski definition) is 0. The van der Waals surface area contributed by atoms with Crippen molar-refractivity contribution in [3.63, 3.8) is 0 Å². The van der Waals surface area contributed by atoms with E-state index in [0.717, 1.165) is 6.92 Å². The van der Waals surface area contributed by atoms with Gasteiger partial charge in [0.1, 0.15) is 0 Å². The third-order valence-electron chi connectivity index (χ3n) is 0.746. The normalized spacial score (nSPS) is 14.0. The van der Waals surface area contributed by atoms with E-state index >= 15 is 0 Å². The van der Waals surface area contributed by atoms with Gasteiger partial charge in [0.15, 0.2) is 6.29 Å². The fourth-order valence-electron chi connectivity index (χ4n) is 0.607. The SMILES string of the molecule is CC(OC(C)(F)F)OC(C)(F)F. The highest BCUT2D eigenvalue weighted by Gasteiger charge is 2.31. The highest BCUT2D eigenvalue weighted by Crippen LogP contribution is 2.21. The van der Waals surface area contributed by atoms with Crippen LogP contribution >= 0.6 is 0 Å². The van der Waals surface area contributed by atoms with Crippen molar-refractivity contribution in [2.24, 2.45) is 0 Å². The van der Waals surface area contributed by atoms with Crippen LogP contribution < -0.4 is 0 Å². The largest absolute Gasteiger partial charge is 0.355 e. The first-order valence-corrected chi connectivity index (χ1v) is 3.21. The van der Waals surface area contributed by atoms with Crippen LogP contribution in [0.3, 0.4) is 0 Å². The summed E-state index contributed by atoms with van der Waals surface area (Å²) in [4.78, 5) is 0. The van der Waals surface area contributed by atoms with Crippen LogP contribution in [0.15, 0.2) is 0 Å². The number of ether oxygens (including phenoxy) is 2. The molecule has 0 atom stereocenters. The highest BCUT2D eigenvalue weighted by atomic mass is 19.3. The lowest BCUT2D eigenvalue weighted by Gasteiger charge is -2.21. The van der Waals surface area contributed by atoms with Crippen LogP contribution in [0.1, 0.15) is 20.8 Å². The Morgan fingerprint density at radius 2 is 1.17 bits per heavy atom. The Hall–Kier alpha value is -0.360. The molecule has 0 unspecified atom stereocenters. The molecule has 0 N–H and O–H groups in total. The minimum atomic E-state index is -3.47. The van der Waals surface area contributed by atoms with Crippen LogP contribution in [-0.2, 0) is 9.47 Å². The van der Waals surface area contributed by atoms with Crippen molar-refractivity contribution >= 4 is 0 Å². The van der Waals surface area contributed by atoms with Gasteiger partial charge in [0.2, 0.25) is 0 Å². The zero-order valence-electron chi connectivity index (χ0n) is 6.91. The molecule has 0 saturated carbocycles. The average molecular weight is 190 g/mol. The van der Waals surface area contributed by atoms with Gasteiger partial charge in [-0.2, -0.15) is 17.6 Å². The molecule has 0 rings (SSSR count). The summed E-state index contributed by atoms with van der Waals surface area (Å²) in [6.07, 6.45) is -8.58. The Morgan fingerprint density at radius 1 is 0.917 bits per heavy atom. The molecule has 0 bridgehead atoms. The molecular formula is C6H10F4O2. The van der Waals surface area contributed by atoms with Gasteiger partial charge >= 0.3 is 12.2 Å². The summed E-state index contributed by atoms with van der Waals surface area (Å²) >= 11 is 0. The molecule has 0 saturated heterocycles. The highest BCUT2D eigenvalue weighted by molar-refractivity contribution is 4.45. The summed E-state index contributed by atoms with van der Waals surface area (Å²) in [6, 6.07) is 0. The molecule has 0 aliphatic carbocycles. The first-order valence-electron chi connectivity index (χ1n) is 3.21. The minimum absolute atomic E-state index is 0.445. The van der Waals surface area contributed by atoms with Crippen LogP contribution in [0.5, 0.6) is 0 Å². The lowest BCUT2D eigenvalue weighted by atomic mass is 10.6. The molecule has 0 heterocycles. The van der Waals surface area contributed by atoms with E-state index in [1.165, 1.54) is 0 Å². The fraction of sp³-hybridized carbons (Fsp3) is 1.00. The average Bonchev–Trinajstić information content (AvgIpc) is 1.49. The predicted molar refractivity (Wildman–Crippen MR) is 32.9 cm³/mol. The van der Waals surface area contributed by atoms with E-state index in [0.29, 0.717) is 13.8 Å². The zero-order valence-corrected chi connectivity index (χ0v) is 6.91. The molecule has 0 aliphatic rings. The number of hydrogen-bond acceptors (Lipinski definition) is 2. The van der Waals surface area contributed by atoms with Gasteiger partial charge < -0.3 is 0 Å². The second kappa shape index (κ2) is 3.57. The van der Waals surface area contributed by atoms with Crippen molar-refractivity contribution in [1.82, 2.24) is 0 Å². The Kier molecular flexibility index (Phi) is 3.46. The van der Waals surface area contributed by atoms with E-state index in [1.807, 2.05) is 0 Å². The maximum Gasteiger partial charge on any atom is 0.355 e. The number of rotatable bonds is 4. The summed E-state index contributed by atoms with van der Waals surface area (Å²) in [7, 11) is 0. The molecule has 0 aromatic rings. The topological polar surface area (TPSA) is 18.5 Å². The molecule has 0 aliphatic heterocycles. The van der Waals surface area contributed by atoms with Crippen molar-refractivity contribution in [3.05, 3.63) is 0 Å². The standard InChI is InChI=1S/C6H10F4O2/c1-4(11-5(2,7)8)12-6(3,9)10/h4H,1-3H3. The molecule has 0 radical (unpaired) electrons. The van der Waals surface area contributed by atoms with Gasteiger partial charge in [-0.1, -0.05) is 0 Å². The second-order valence-electron chi connectivity index (χ2n) is 2.42. The van der Waals surface area contributed by atoms with Gasteiger partial charge in [-0.05, 0) is 6.92 Å². The van der Waals surface area contributed by atoms with Gasteiger partial charge in [0, 0.05) is 13.8 Å². The summed E-state index contributed by atoms with van der Waals surface area (Å²) < 4.78 is 55.6. The second-order valence-corrected chi connectivity index (χ2v) is 2.42. The summed E-state index contributed by atoms with van der Waals surface area (Å²) in [5.41, 5.74) is 0. The van der Waals surface area contributed by atoms with Crippen LogP contribution in [0.4, 0.5) is 17.6 Å². The molecule has 12 heavy (non-hydrogen) atoms. The van der Waals surface area contributed by atoms with Crippen molar-refractivity contribution in [2.75, 3.05) is 0 Å². The van der Waals surface area contributed by atoms with Crippen molar-refractivity contribution < 1.29 is 27.0 Å². The van der Waals surface area contributed by atoms with E-state index in [4.69, 9.17) is 0 Å². The molecular weight excluding hydrogens is 180 g/mol. The van der Waals surface area contributed by atoms with Crippen molar-refractivity contribution in [1.29, 1.82) is 0 Å². The van der Waals surface area contributed by atoms with Gasteiger partial charge in [-0.3, -0.25) is 9.47 Å². The summed E-state index contributed by atoms with van der Waals surface area (Å²) in [5, 5.41) is 0. The van der Waals surface area contributed by atoms with Crippen LogP contribution in [-0.4, -0.2) is 18.5 Å². The molecule has 74 valence electrons. The lowest BCUT2D eigenvalue weighted by molar-refractivity contribution is -0.362. The van der Waals surface area contributed by atoms with E-state index in [-0.39, 0.29) is 0 Å². The van der Waals surface area contributed by atoms with E-state index < -0.39 is 18.5 Å². The molecule has 0 spiro atoms. The summed E-state index contributed by atoms with van der Waals surface area (Å²) in [6.45, 7) is 1.86. The van der Waals surface area contributed by atoms with Gasteiger partial charge in [0.25, 0.3) is 0 Å². The molecule has 6 heteroatoms. The third-order valence-corrected chi connectivity index (χ3v) is 0.746. The monoisotopic (exact) mass is 190 g/mol. The van der Waals surface area contributed by atoms with E-state index in [2.05, 4.69) is 9.47 Å². The predicted octanol–water partition coefficient (Wildman–Crippen LogP) is 2.59. The van der Waals surface area contributed by atoms with Crippen LogP contribution in [0.2, 0.25) is 0 Å². The molecule has 0 aromatic carbocycles. The van der Waals surface area contributed by atoms with Gasteiger partial charge in [-0.15, -0.1) is 0 Å². The Labute approximate surface area is 67.5 Å². The van der Waals surface area contributed by atoms with Gasteiger partial charge in [0.05, 0.1) is 0 Å². The molecule has 0 fully saturated rings. The minimum Gasteiger partial charge on any atom is -0.291 e. The van der Waals surface area contributed by atoms with Crippen molar-refractivity contribution in [2.45, 2.75) is 39.3 Å². The van der Waals surface area contributed by atoms with E-state index in [1.54, 1.807) is 0 Å². The lowest BCUT2D eigenvalue weighted by Crippen LogP contribution is -2.30. The maximum atomic E-state index is 12.0. The first-order chi connectivity index (χ1) is 5.10. The van der Waals surface area contributed by atoms with Crippen molar-refractivity contribution in [3.8, 4) is 0 Å². The molecule has 0 aromatic heterocycles. The Morgan fingerprint density at radius 3 is 1.33 bits per heavy atom. The smallest absolute Gasteiger partial charge is 0.291 e. The third kappa shape index (κ3) is 7.74. The maximum absolute atomic E-state index is 12.0. The Bertz CT molecular complexity index is 121. The fourth-order valence-corrected chi connectivity index (χ4v) is 0.607. The Balaban J connectivity index is 3.83. The first kappa shape index (κ1) is 11.6. The molecule has 2 nitrogen and oxygen atoms in total. The summed E-state index contributed by atoms with van der Waals surface area (Å²) in [5.74, 6) is 0. The quantitative estimate of drug-likeness (QED) is 0.501.